The van der Waals surface area contributed by atoms with E-state index in [0.717, 1.165) is 12.1 Å². The molecule has 9 heteroatoms. The Balaban J connectivity index is 1.87. The first-order valence-corrected chi connectivity index (χ1v) is 7.88. The van der Waals surface area contributed by atoms with Gasteiger partial charge in [0.25, 0.3) is 17.2 Å². The van der Waals surface area contributed by atoms with E-state index in [2.05, 4.69) is 10.3 Å². The number of aromatic nitrogens is 1. The van der Waals surface area contributed by atoms with Gasteiger partial charge >= 0.3 is 0 Å². The average Bonchev–Trinajstić information content (AvgIpc) is 2.68. The highest BCUT2D eigenvalue weighted by atomic mass is 19.1. The number of carbonyl (C=O) groups is 1. The minimum atomic E-state index is -0.780. The van der Waals surface area contributed by atoms with Crippen molar-refractivity contribution in [3.8, 4) is 17.3 Å². The largest absolute Gasteiger partial charge is 0.321 e. The maximum atomic E-state index is 13.0. The van der Waals surface area contributed by atoms with Crippen LogP contribution in [0.1, 0.15) is 15.9 Å². The summed E-state index contributed by atoms with van der Waals surface area (Å²) in [5, 5.41) is 22.3. The Morgan fingerprint density at radius 1 is 1.14 bits per heavy atom. The van der Waals surface area contributed by atoms with E-state index in [1.165, 1.54) is 42.5 Å². The summed E-state index contributed by atoms with van der Waals surface area (Å²) in [6, 6.07) is 13.4. The highest BCUT2D eigenvalue weighted by Gasteiger charge is 2.16. The number of nitrogens with one attached hydrogen (secondary N) is 2. The van der Waals surface area contributed by atoms with E-state index in [1.807, 2.05) is 0 Å². The van der Waals surface area contributed by atoms with Gasteiger partial charge in [-0.25, -0.2) is 4.39 Å². The standard InChI is InChI=1S/C19H11FN4O4/c20-13-3-1-11(2-4-13)16-8-6-15(18(25)22-16)19(26)23-17-7-5-14(24(27)28)9-12(17)10-21/h1-9H,(H,22,25)(H,23,26). The van der Waals surface area contributed by atoms with E-state index >= 15 is 0 Å². The number of non-ortho nitro benzene ring substituents is 1. The number of hydrogen-bond donors (Lipinski definition) is 2. The van der Waals surface area contributed by atoms with Crippen molar-refractivity contribution in [3.63, 3.8) is 0 Å². The number of nitrogens with zero attached hydrogens (tertiary/aromatic N) is 2. The van der Waals surface area contributed by atoms with E-state index < -0.39 is 22.2 Å². The first kappa shape index (κ1) is 18.5. The molecular formula is C19H11FN4O4. The highest BCUT2D eigenvalue weighted by molar-refractivity contribution is 6.04. The van der Waals surface area contributed by atoms with Crippen LogP contribution in [0.2, 0.25) is 0 Å². The molecule has 0 aliphatic heterocycles. The normalized spacial score (nSPS) is 10.1. The van der Waals surface area contributed by atoms with Crippen LogP contribution in [0.5, 0.6) is 0 Å². The number of nitro benzene ring substituents is 1. The molecular weight excluding hydrogens is 367 g/mol. The number of halogens is 1. The molecule has 0 bridgehead atoms. The lowest BCUT2D eigenvalue weighted by molar-refractivity contribution is -0.384. The molecule has 0 saturated heterocycles. The number of hydrogen-bond acceptors (Lipinski definition) is 5. The molecule has 3 aromatic rings. The van der Waals surface area contributed by atoms with E-state index in [0.29, 0.717) is 11.3 Å². The molecule has 0 saturated carbocycles. The lowest BCUT2D eigenvalue weighted by Gasteiger charge is -2.08. The summed E-state index contributed by atoms with van der Waals surface area (Å²) in [5.41, 5.74) is -0.298. The number of anilines is 1. The number of amides is 1. The second-order valence-corrected chi connectivity index (χ2v) is 5.67. The molecule has 0 spiro atoms. The van der Waals surface area contributed by atoms with Gasteiger partial charge in [-0.1, -0.05) is 0 Å². The average molecular weight is 378 g/mol. The number of nitriles is 1. The third-order valence-corrected chi connectivity index (χ3v) is 3.89. The second-order valence-electron chi connectivity index (χ2n) is 5.67. The van der Waals surface area contributed by atoms with Crippen molar-refractivity contribution in [1.29, 1.82) is 5.26 Å². The number of rotatable bonds is 4. The zero-order chi connectivity index (χ0) is 20.3. The molecule has 0 aliphatic rings. The van der Waals surface area contributed by atoms with Crippen LogP contribution < -0.4 is 10.9 Å². The van der Waals surface area contributed by atoms with Crippen molar-refractivity contribution < 1.29 is 14.1 Å². The van der Waals surface area contributed by atoms with Crippen LogP contribution in [0.3, 0.4) is 0 Å². The van der Waals surface area contributed by atoms with Crippen LogP contribution in [-0.4, -0.2) is 15.8 Å². The van der Waals surface area contributed by atoms with Gasteiger partial charge in [0.2, 0.25) is 0 Å². The monoisotopic (exact) mass is 378 g/mol. The van der Waals surface area contributed by atoms with Gasteiger partial charge in [-0.3, -0.25) is 19.7 Å². The Labute approximate surface area is 157 Å². The zero-order valence-electron chi connectivity index (χ0n) is 14.1. The number of H-pyrrole nitrogens is 1. The van der Waals surface area contributed by atoms with Gasteiger partial charge in [0.15, 0.2) is 0 Å². The quantitative estimate of drug-likeness (QED) is 0.532. The van der Waals surface area contributed by atoms with Crippen LogP contribution in [0.25, 0.3) is 11.3 Å². The van der Waals surface area contributed by atoms with Crippen LogP contribution in [0, 0.1) is 27.3 Å². The van der Waals surface area contributed by atoms with Crippen molar-refractivity contribution >= 4 is 17.3 Å². The van der Waals surface area contributed by atoms with Gasteiger partial charge in [0.05, 0.1) is 16.2 Å². The van der Waals surface area contributed by atoms with E-state index in [1.54, 1.807) is 6.07 Å². The van der Waals surface area contributed by atoms with Crippen LogP contribution >= 0.6 is 0 Å². The fourth-order valence-corrected chi connectivity index (χ4v) is 2.49. The van der Waals surface area contributed by atoms with Crippen LogP contribution in [0.15, 0.2) is 59.4 Å². The summed E-state index contributed by atoms with van der Waals surface area (Å²) in [4.78, 5) is 37.3. The fourth-order valence-electron chi connectivity index (χ4n) is 2.49. The van der Waals surface area contributed by atoms with Crippen molar-refractivity contribution in [1.82, 2.24) is 4.98 Å². The topological polar surface area (TPSA) is 129 Å². The summed E-state index contributed by atoms with van der Waals surface area (Å²) in [6.07, 6.45) is 0. The molecule has 3 rings (SSSR count). The molecule has 1 heterocycles. The molecule has 0 aliphatic carbocycles. The third kappa shape index (κ3) is 3.76. The van der Waals surface area contributed by atoms with Gasteiger partial charge in [-0.05, 0) is 48.0 Å². The second kappa shape index (κ2) is 7.51. The van der Waals surface area contributed by atoms with Crippen LogP contribution in [0.4, 0.5) is 15.8 Å². The summed E-state index contributed by atoms with van der Waals surface area (Å²) >= 11 is 0. The molecule has 0 unspecified atom stereocenters. The van der Waals surface area contributed by atoms with Gasteiger partial charge in [-0.15, -0.1) is 0 Å². The number of aromatic amines is 1. The smallest absolute Gasteiger partial charge is 0.270 e. The fraction of sp³-hybridized carbons (Fsp3) is 0. The van der Waals surface area contributed by atoms with Gasteiger partial charge in [0.1, 0.15) is 17.4 Å². The van der Waals surface area contributed by atoms with Crippen molar-refractivity contribution in [2.24, 2.45) is 0 Å². The number of nitro groups is 1. The maximum Gasteiger partial charge on any atom is 0.270 e. The molecule has 0 radical (unpaired) electrons. The summed E-state index contributed by atoms with van der Waals surface area (Å²) in [5.74, 6) is -1.20. The number of pyridine rings is 1. The number of carbonyl (C=O) groups excluding carboxylic acids is 1. The van der Waals surface area contributed by atoms with E-state index in [-0.39, 0.29) is 22.5 Å². The van der Waals surface area contributed by atoms with Crippen LogP contribution in [-0.2, 0) is 0 Å². The predicted molar refractivity (Wildman–Crippen MR) is 98.2 cm³/mol. The zero-order valence-corrected chi connectivity index (χ0v) is 14.1. The summed E-state index contributed by atoms with van der Waals surface area (Å²) in [7, 11) is 0. The molecule has 2 N–H and O–H groups in total. The maximum absolute atomic E-state index is 13.0. The predicted octanol–water partition coefficient (Wildman–Crippen LogP) is 3.21. The highest BCUT2D eigenvalue weighted by Crippen LogP contribution is 2.22. The summed E-state index contributed by atoms with van der Waals surface area (Å²) < 4.78 is 13.0. The SMILES string of the molecule is N#Cc1cc([N+](=O)[O-])ccc1NC(=O)c1ccc(-c2ccc(F)cc2)[nH]c1=O. The van der Waals surface area contributed by atoms with E-state index in [4.69, 9.17) is 5.26 Å². The third-order valence-electron chi connectivity index (χ3n) is 3.89. The summed E-state index contributed by atoms with van der Waals surface area (Å²) in [6.45, 7) is 0. The van der Waals surface area contributed by atoms with Crippen molar-refractivity contribution in [3.05, 3.63) is 92.0 Å². The lowest BCUT2D eigenvalue weighted by Crippen LogP contribution is -2.23. The molecule has 2 aromatic carbocycles. The first-order chi connectivity index (χ1) is 13.4. The van der Waals surface area contributed by atoms with Gasteiger partial charge in [0, 0.05) is 17.8 Å². The van der Waals surface area contributed by atoms with E-state index in [9.17, 15) is 24.1 Å². The van der Waals surface area contributed by atoms with Gasteiger partial charge in [-0.2, -0.15) is 5.26 Å². The minimum Gasteiger partial charge on any atom is -0.321 e. The Morgan fingerprint density at radius 3 is 2.46 bits per heavy atom. The molecule has 138 valence electrons. The number of benzene rings is 2. The van der Waals surface area contributed by atoms with Crippen molar-refractivity contribution in [2.75, 3.05) is 5.32 Å². The molecule has 1 amide bonds. The minimum absolute atomic E-state index is 0.0418. The van der Waals surface area contributed by atoms with Gasteiger partial charge < -0.3 is 10.3 Å². The lowest BCUT2D eigenvalue weighted by atomic mass is 10.1. The molecule has 28 heavy (non-hydrogen) atoms. The Morgan fingerprint density at radius 2 is 1.86 bits per heavy atom. The molecule has 0 atom stereocenters. The molecule has 0 fully saturated rings. The molecule has 1 aromatic heterocycles. The Kier molecular flexibility index (Phi) is 4.95. The Bertz CT molecular complexity index is 1180. The first-order valence-electron chi connectivity index (χ1n) is 7.88. The molecule has 8 nitrogen and oxygen atoms in total. The van der Waals surface area contributed by atoms with Crippen molar-refractivity contribution in [2.45, 2.75) is 0 Å². The Hall–Kier alpha value is -4.32.